The Bertz CT molecular complexity index is 1850. The largest absolute Gasteiger partial charge is 0.508 e. The maximum absolute atomic E-state index is 12.6. The van der Waals surface area contributed by atoms with Gasteiger partial charge in [0.05, 0.1) is 12.7 Å². The first-order valence-corrected chi connectivity index (χ1v) is 15.4. The Morgan fingerprint density at radius 2 is 1.66 bits per heavy atom. The molecule has 6 rings (SSSR count). The van der Waals surface area contributed by atoms with Gasteiger partial charge in [-0.3, -0.25) is 9.59 Å². The van der Waals surface area contributed by atoms with Crippen molar-refractivity contribution < 1.29 is 49.1 Å². The number of aryl methyl sites for hydroxylation is 2. The average molecular weight is 643 g/mol. The Morgan fingerprint density at radius 1 is 0.957 bits per heavy atom. The highest BCUT2D eigenvalue weighted by Crippen LogP contribution is 2.58. The van der Waals surface area contributed by atoms with Gasteiger partial charge >= 0.3 is 11.9 Å². The number of esters is 1. The molecule has 0 bridgehead atoms. The van der Waals surface area contributed by atoms with Crippen LogP contribution in [0.2, 0.25) is 0 Å². The summed E-state index contributed by atoms with van der Waals surface area (Å²) in [5.41, 5.74) is 3.73. The van der Waals surface area contributed by atoms with Gasteiger partial charge in [-0.15, -0.1) is 0 Å². The number of allylic oxidation sites excluding steroid dienone is 2. The summed E-state index contributed by atoms with van der Waals surface area (Å²) in [5.74, 6) is -1.62. The van der Waals surface area contributed by atoms with Crippen molar-refractivity contribution in [3.63, 3.8) is 0 Å². The van der Waals surface area contributed by atoms with E-state index in [4.69, 9.17) is 9.47 Å². The van der Waals surface area contributed by atoms with Gasteiger partial charge in [-0.25, -0.2) is 9.59 Å². The van der Waals surface area contributed by atoms with Crippen LogP contribution in [0.4, 0.5) is 0 Å². The zero-order valence-corrected chi connectivity index (χ0v) is 27.0. The number of fused-ring (bicyclic) bond motifs is 5. The number of aromatic carboxylic acids is 1. The van der Waals surface area contributed by atoms with Crippen LogP contribution < -0.4 is 9.47 Å². The molecule has 2 fully saturated rings. The summed E-state index contributed by atoms with van der Waals surface area (Å²) in [4.78, 5) is 47.4. The van der Waals surface area contributed by atoms with Gasteiger partial charge in [0.15, 0.2) is 6.29 Å². The lowest BCUT2D eigenvalue weighted by molar-refractivity contribution is -0.126. The van der Waals surface area contributed by atoms with E-state index in [1.54, 1.807) is 6.07 Å². The number of Topliss-reactive ketones (excluding diaryl/α,β-unsaturated/α-hetero) is 1. The first kappa shape index (κ1) is 33.2. The zero-order valence-electron chi connectivity index (χ0n) is 27.0. The number of ketones is 1. The number of aldehydes is 1. The van der Waals surface area contributed by atoms with Gasteiger partial charge in [-0.05, 0) is 98.9 Å². The van der Waals surface area contributed by atoms with Crippen LogP contribution >= 0.6 is 0 Å². The van der Waals surface area contributed by atoms with E-state index >= 15 is 0 Å². The molecule has 0 spiro atoms. The molecule has 246 valence electrons. The van der Waals surface area contributed by atoms with Crippen molar-refractivity contribution in [3.05, 3.63) is 86.5 Å². The zero-order chi connectivity index (χ0) is 34.4. The van der Waals surface area contributed by atoms with E-state index in [0.29, 0.717) is 35.2 Å². The molecule has 0 radical (unpaired) electrons. The van der Waals surface area contributed by atoms with Crippen LogP contribution in [0.1, 0.15) is 97.4 Å². The van der Waals surface area contributed by atoms with Crippen LogP contribution in [0.3, 0.4) is 0 Å². The summed E-state index contributed by atoms with van der Waals surface area (Å²) < 4.78 is 10.3. The quantitative estimate of drug-likeness (QED) is 0.104. The second-order valence-corrected chi connectivity index (χ2v) is 12.7. The fourth-order valence-electron chi connectivity index (χ4n) is 7.45. The van der Waals surface area contributed by atoms with Gasteiger partial charge in [-0.2, -0.15) is 0 Å². The number of phenols is 3. The lowest BCUT2D eigenvalue weighted by Gasteiger charge is -2.43. The molecule has 47 heavy (non-hydrogen) atoms. The van der Waals surface area contributed by atoms with Gasteiger partial charge in [-0.1, -0.05) is 24.6 Å². The highest BCUT2D eigenvalue weighted by atomic mass is 16.5. The number of phenolic OH excluding ortho intramolecular Hbond substituents is 2. The molecule has 3 aromatic carbocycles. The predicted octanol–water partition coefficient (Wildman–Crippen LogP) is 6.50. The molecule has 3 unspecified atom stereocenters. The molecule has 3 aliphatic carbocycles. The van der Waals surface area contributed by atoms with Crippen molar-refractivity contribution in [2.75, 3.05) is 7.11 Å². The lowest BCUT2D eigenvalue weighted by atomic mass is 9.60. The third-order valence-electron chi connectivity index (χ3n) is 10.0. The third kappa shape index (κ3) is 5.73. The summed E-state index contributed by atoms with van der Waals surface area (Å²) in [6.07, 6.45) is 7.46. The van der Waals surface area contributed by atoms with Crippen LogP contribution in [0.5, 0.6) is 28.7 Å². The number of rotatable bonds is 5. The lowest BCUT2D eigenvalue weighted by Crippen LogP contribution is -2.37. The number of aromatic hydroxyl groups is 3. The molecule has 2 saturated carbocycles. The number of carboxylic acid groups (broad SMARTS) is 1. The van der Waals surface area contributed by atoms with E-state index in [0.717, 1.165) is 32.1 Å². The number of carboxylic acids is 1. The summed E-state index contributed by atoms with van der Waals surface area (Å²) >= 11 is 0. The van der Waals surface area contributed by atoms with Crippen LogP contribution in [0.25, 0.3) is 0 Å². The van der Waals surface area contributed by atoms with E-state index in [1.807, 2.05) is 6.07 Å². The molecule has 0 aromatic heterocycles. The predicted molar refractivity (Wildman–Crippen MR) is 172 cm³/mol. The van der Waals surface area contributed by atoms with E-state index in [2.05, 4.69) is 19.1 Å². The maximum atomic E-state index is 12.6. The number of ether oxygens (including phenoxy) is 2. The Kier molecular flexibility index (Phi) is 8.90. The molecule has 3 atom stereocenters. The Balaban J connectivity index is 0.000000191. The Morgan fingerprint density at radius 3 is 2.32 bits per heavy atom. The second kappa shape index (κ2) is 12.6. The van der Waals surface area contributed by atoms with Gasteiger partial charge in [0.25, 0.3) is 0 Å². The number of carbonyl (C=O) groups is 4. The first-order chi connectivity index (χ1) is 22.2. The summed E-state index contributed by atoms with van der Waals surface area (Å²) in [5, 5.41) is 39.1. The molecule has 3 aliphatic rings. The highest BCUT2D eigenvalue weighted by molar-refractivity contribution is 6.01. The smallest absolute Gasteiger partial charge is 0.347 e. The number of benzene rings is 3. The fourth-order valence-corrected chi connectivity index (χ4v) is 7.45. The number of methoxy groups -OCH3 is 1. The van der Waals surface area contributed by atoms with Crippen LogP contribution in [0, 0.1) is 32.1 Å². The van der Waals surface area contributed by atoms with Crippen LogP contribution in [-0.4, -0.2) is 51.5 Å². The van der Waals surface area contributed by atoms with Gasteiger partial charge in [0.2, 0.25) is 0 Å². The van der Waals surface area contributed by atoms with Crippen molar-refractivity contribution in [2.24, 2.45) is 11.3 Å². The second-order valence-electron chi connectivity index (χ2n) is 12.7. The number of hydrogen-bond acceptors (Lipinski definition) is 9. The normalized spacial score (nSPS) is 20.9. The standard InChI is InChI=1S/C19H18O8.C18H20O2/c1-8-5-13(26-4)11(7-20)17(22)14(8)19(25)27-12-6-9(2)16(21)15(10(12)3)18(23)24;1-18-9-8-14-13-5-3-12(19)10-11(13)2-4-15(14)16(18)6-7-17(18)20/h5-7,21-22H,1-4H3,(H,23,24);3-5,10,14,16,19H,2,6-9H2,1H3. The summed E-state index contributed by atoms with van der Waals surface area (Å²) in [7, 11) is 1.31. The molecule has 0 heterocycles. The SMILES string of the molecule is CC12CCC3C(=CCc4cc(O)ccc43)C1CCC2=O.COc1cc(C)c(C(=O)Oc2cc(C)c(O)c(C(=O)O)c2C)c(O)c1C=O. The Labute approximate surface area is 272 Å². The van der Waals surface area contributed by atoms with Crippen molar-refractivity contribution in [1.29, 1.82) is 0 Å². The topological polar surface area (TPSA) is 168 Å². The average Bonchev–Trinajstić information content (AvgIpc) is 3.33. The molecule has 10 heteroatoms. The van der Waals surface area contributed by atoms with Gasteiger partial charge in [0, 0.05) is 23.3 Å². The fraction of sp³-hybridized carbons (Fsp3) is 0.351. The number of carbonyl (C=O) groups excluding carboxylic acids is 3. The van der Waals surface area contributed by atoms with Gasteiger partial charge in [0.1, 0.15) is 45.7 Å². The third-order valence-corrected chi connectivity index (χ3v) is 10.0. The van der Waals surface area contributed by atoms with E-state index in [1.165, 1.54) is 56.7 Å². The van der Waals surface area contributed by atoms with E-state index < -0.39 is 23.4 Å². The van der Waals surface area contributed by atoms with Crippen molar-refractivity contribution in [1.82, 2.24) is 0 Å². The Hall–Kier alpha value is -5.12. The highest BCUT2D eigenvalue weighted by Gasteiger charge is 2.52. The molecule has 10 nitrogen and oxygen atoms in total. The van der Waals surface area contributed by atoms with E-state index in [9.17, 15) is 39.6 Å². The molecular weight excluding hydrogens is 604 g/mol. The maximum Gasteiger partial charge on any atom is 0.347 e. The molecule has 4 N–H and O–H groups in total. The summed E-state index contributed by atoms with van der Waals surface area (Å²) in [6.45, 7) is 6.53. The molecule has 0 aliphatic heterocycles. The van der Waals surface area contributed by atoms with Gasteiger partial charge < -0.3 is 29.9 Å². The van der Waals surface area contributed by atoms with E-state index in [-0.39, 0.29) is 44.7 Å². The molecule has 0 amide bonds. The molecule has 3 aromatic rings. The van der Waals surface area contributed by atoms with Crippen LogP contribution in [0.15, 0.2) is 42.0 Å². The van der Waals surface area contributed by atoms with Crippen molar-refractivity contribution >= 4 is 24.0 Å². The van der Waals surface area contributed by atoms with Crippen molar-refractivity contribution in [2.45, 2.75) is 65.7 Å². The van der Waals surface area contributed by atoms with Crippen LogP contribution in [-0.2, 0) is 11.2 Å². The number of hydrogen-bond donors (Lipinski definition) is 4. The minimum atomic E-state index is -1.38. The minimum Gasteiger partial charge on any atom is -0.508 e. The molecule has 0 saturated heterocycles. The summed E-state index contributed by atoms with van der Waals surface area (Å²) in [6, 6.07) is 8.50. The van der Waals surface area contributed by atoms with Crippen molar-refractivity contribution in [3.8, 4) is 28.7 Å². The molecular formula is C37H38O10. The first-order valence-electron chi connectivity index (χ1n) is 15.4. The minimum absolute atomic E-state index is 0.0419. The monoisotopic (exact) mass is 642 g/mol.